The molecule has 0 spiro atoms. The molecule has 1 amide bonds. The van der Waals surface area contributed by atoms with Crippen LogP contribution in [-0.2, 0) is 24.4 Å². The fourth-order valence-electron chi connectivity index (χ4n) is 4.27. The molecule has 35 heavy (non-hydrogen) atoms. The van der Waals surface area contributed by atoms with Crippen molar-refractivity contribution < 1.29 is 9.21 Å². The number of hydrogen-bond acceptors (Lipinski definition) is 6. The third-order valence-electron chi connectivity index (χ3n) is 6.12. The van der Waals surface area contributed by atoms with Crippen LogP contribution in [0.25, 0.3) is 11.2 Å². The van der Waals surface area contributed by atoms with Crippen LogP contribution in [0.2, 0.25) is 0 Å². The molecule has 0 fully saturated rings. The number of unbranched alkanes of at least 4 members (excludes halogenated alkanes) is 1. The molecule has 180 valence electrons. The highest BCUT2D eigenvalue weighted by Gasteiger charge is 2.25. The average molecular weight is 475 g/mol. The molecule has 1 aromatic carbocycles. The van der Waals surface area contributed by atoms with E-state index in [1.807, 2.05) is 37.3 Å². The number of fused-ring (bicyclic) bond motifs is 1. The van der Waals surface area contributed by atoms with E-state index in [1.54, 1.807) is 23.0 Å². The second kappa shape index (κ2) is 9.57. The van der Waals surface area contributed by atoms with Gasteiger partial charge in [0.25, 0.3) is 11.5 Å². The van der Waals surface area contributed by atoms with E-state index >= 15 is 0 Å². The Bertz CT molecular complexity index is 1490. The number of nitrogens with zero attached hydrogens (tertiary/aromatic N) is 6. The molecule has 10 heteroatoms. The number of carbonyl (C=O) groups is 1. The van der Waals surface area contributed by atoms with E-state index < -0.39 is 23.7 Å². The van der Waals surface area contributed by atoms with Gasteiger partial charge < -0.3 is 8.98 Å². The van der Waals surface area contributed by atoms with Gasteiger partial charge in [0.05, 0.1) is 31.4 Å². The number of imidazole rings is 1. The molecule has 10 nitrogen and oxygen atoms in total. The molecule has 5 rings (SSSR count). The van der Waals surface area contributed by atoms with E-state index in [0.29, 0.717) is 30.9 Å². The van der Waals surface area contributed by atoms with Crippen molar-refractivity contribution in [3.8, 4) is 0 Å². The maximum Gasteiger partial charge on any atom is 0.333 e. The highest BCUT2D eigenvalue weighted by atomic mass is 16.3. The largest absolute Gasteiger partial charge is 0.467 e. The Morgan fingerprint density at radius 3 is 2.66 bits per heavy atom. The Hall–Kier alpha value is -4.21. The van der Waals surface area contributed by atoms with Crippen LogP contribution < -0.4 is 11.2 Å². The zero-order valence-electron chi connectivity index (χ0n) is 19.5. The van der Waals surface area contributed by atoms with Gasteiger partial charge in [-0.05, 0) is 24.1 Å². The molecule has 1 aliphatic rings. The first-order valence-electron chi connectivity index (χ1n) is 11.7. The minimum atomic E-state index is -0.554. The van der Waals surface area contributed by atoms with Gasteiger partial charge in [0.1, 0.15) is 12.3 Å². The van der Waals surface area contributed by atoms with Crippen LogP contribution in [0.15, 0.2) is 74.2 Å². The molecule has 4 aromatic rings. The van der Waals surface area contributed by atoms with Crippen molar-refractivity contribution in [2.24, 2.45) is 5.10 Å². The number of carbonyl (C=O) groups excluding carboxylic acids is 1. The lowest BCUT2D eigenvalue weighted by atomic mass is 10.1. The summed E-state index contributed by atoms with van der Waals surface area (Å²) >= 11 is 0. The molecule has 1 aliphatic heterocycles. The van der Waals surface area contributed by atoms with E-state index in [4.69, 9.17) is 4.42 Å². The topological polar surface area (TPSA) is 108 Å². The summed E-state index contributed by atoms with van der Waals surface area (Å²) in [6.45, 7) is 2.72. The summed E-state index contributed by atoms with van der Waals surface area (Å²) in [7, 11) is 0. The van der Waals surface area contributed by atoms with Crippen molar-refractivity contribution >= 4 is 22.8 Å². The van der Waals surface area contributed by atoms with Crippen molar-refractivity contribution in [2.45, 2.75) is 45.8 Å². The van der Waals surface area contributed by atoms with Crippen LogP contribution in [0.3, 0.4) is 0 Å². The number of furan rings is 1. The Balaban J connectivity index is 1.51. The van der Waals surface area contributed by atoms with Gasteiger partial charge in [-0.3, -0.25) is 14.2 Å². The van der Waals surface area contributed by atoms with Gasteiger partial charge in [0.2, 0.25) is 0 Å². The van der Waals surface area contributed by atoms with Crippen LogP contribution in [-0.4, -0.2) is 41.9 Å². The van der Waals surface area contributed by atoms with E-state index in [-0.39, 0.29) is 12.1 Å². The maximum absolute atomic E-state index is 13.5. The quantitative estimate of drug-likeness (QED) is 0.390. The molecular weight excluding hydrogens is 448 g/mol. The number of aryl methyl sites for hydroxylation is 1. The summed E-state index contributed by atoms with van der Waals surface area (Å²) in [5.74, 6) is 0.242. The normalized spacial score (nSPS) is 13.5. The summed E-state index contributed by atoms with van der Waals surface area (Å²) in [6, 6.07) is 13.2. The summed E-state index contributed by atoms with van der Waals surface area (Å²) in [5, 5.41) is 5.79. The molecule has 0 saturated carbocycles. The van der Waals surface area contributed by atoms with E-state index in [1.165, 1.54) is 15.9 Å². The lowest BCUT2D eigenvalue weighted by Crippen LogP contribution is -2.44. The number of amides is 1. The summed E-state index contributed by atoms with van der Waals surface area (Å²) in [6.07, 6.45) is 5.30. The number of hydrazone groups is 1. The van der Waals surface area contributed by atoms with Gasteiger partial charge in [0, 0.05) is 13.0 Å². The average Bonchev–Trinajstić information content (AvgIpc) is 3.64. The first-order chi connectivity index (χ1) is 17.1. The van der Waals surface area contributed by atoms with E-state index in [0.717, 1.165) is 28.7 Å². The Morgan fingerprint density at radius 2 is 1.91 bits per heavy atom. The van der Waals surface area contributed by atoms with Crippen LogP contribution in [0, 0.1) is 0 Å². The summed E-state index contributed by atoms with van der Waals surface area (Å²) in [5.41, 5.74) is 1.23. The summed E-state index contributed by atoms with van der Waals surface area (Å²) in [4.78, 5) is 44.3. The second-order valence-electron chi connectivity index (χ2n) is 8.48. The Labute approximate surface area is 200 Å². The molecule has 0 unspecified atom stereocenters. The number of aromatic nitrogens is 4. The zero-order valence-corrected chi connectivity index (χ0v) is 19.5. The minimum absolute atomic E-state index is 0.264. The molecule has 3 aromatic heterocycles. The molecule has 0 aliphatic carbocycles. The van der Waals surface area contributed by atoms with E-state index in [2.05, 4.69) is 10.1 Å². The minimum Gasteiger partial charge on any atom is -0.467 e. The van der Waals surface area contributed by atoms with Crippen molar-refractivity contribution in [3.05, 3.63) is 87.2 Å². The molecule has 0 saturated heterocycles. The third kappa shape index (κ3) is 4.34. The number of rotatable bonds is 8. The van der Waals surface area contributed by atoms with Gasteiger partial charge in [0.15, 0.2) is 11.2 Å². The smallest absolute Gasteiger partial charge is 0.333 e. The molecule has 0 atom stereocenters. The van der Waals surface area contributed by atoms with Crippen LogP contribution in [0.4, 0.5) is 0 Å². The highest BCUT2D eigenvalue weighted by molar-refractivity contribution is 6.02. The van der Waals surface area contributed by atoms with Crippen molar-refractivity contribution in [3.63, 3.8) is 0 Å². The van der Waals surface area contributed by atoms with E-state index in [9.17, 15) is 14.4 Å². The van der Waals surface area contributed by atoms with Gasteiger partial charge in [-0.1, -0.05) is 43.7 Å². The predicted octanol–water partition coefficient (Wildman–Crippen LogP) is 2.44. The maximum atomic E-state index is 13.5. The first kappa shape index (κ1) is 22.6. The zero-order chi connectivity index (χ0) is 24.4. The lowest BCUT2D eigenvalue weighted by molar-refractivity contribution is -0.131. The molecule has 0 radical (unpaired) electrons. The highest BCUT2D eigenvalue weighted by Crippen LogP contribution is 2.15. The standard InChI is InChI=1S/C25H26N6O4/c1-2-3-12-29-23-22(28(17-26-23)15-19-10-7-14-35-19)24(33)30(25(29)34)16-21(32)31-13-11-20(27-31)18-8-5-4-6-9-18/h4-10,14,17H,2-3,11-13,15-16H2,1H3. The second-order valence-corrected chi connectivity index (χ2v) is 8.48. The van der Waals surface area contributed by atoms with Gasteiger partial charge in [-0.2, -0.15) is 5.10 Å². The Morgan fingerprint density at radius 1 is 1.09 bits per heavy atom. The fraction of sp³-hybridized carbons (Fsp3) is 0.320. The molecular formula is C25H26N6O4. The van der Waals surface area contributed by atoms with Crippen LogP contribution in [0.1, 0.15) is 37.5 Å². The number of hydrogen-bond donors (Lipinski definition) is 0. The molecule has 0 N–H and O–H groups in total. The van der Waals surface area contributed by atoms with Crippen molar-refractivity contribution in [1.82, 2.24) is 23.7 Å². The molecule has 4 heterocycles. The van der Waals surface area contributed by atoms with Gasteiger partial charge in [-0.25, -0.2) is 19.4 Å². The predicted molar refractivity (Wildman–Crippen MR) is 130 cm³/mol. The third-order valence-corrected chi connectivity index (χ3v) is 6.12. The SMILES string of the molecule is CCCCn1c(=O)n(CC(=O)N2CCC(c3ccccc3)=N2)c(=O)c2c1ncn2Cc1ccco1. The van der Waals surface area contributed by atoms with Crippen LogP contribution >= 0.6 is 0 Å². The Kier molecular flexibility index (Phi) is 6.17. The van der Waals surface area contributed by atoms with Gasteiger partial charge in [-0.15, -0.1) is 0 Å². The molecule has 0 bridgehead atoms. The monoisotopic (exact) mass is 474 g/mol. The van der Waals surface area contributed by atoms with Crippen LogP contribution in [0.5, 0.6) is 0 Å². The number of benzene rings is 1. The fourth-order valence-corrected chi connectivity index (χ4v) is 4.27. The van der Waals surface area contributed by atoms with Crippen molar-refractivity contribution in [2.75, 3.05) is 6.54 Å². The first-order valence-corrected chi connectivity index (χ1v) is 11.7. The van der Waals surface area contributed by atoms with Gasteiger partial charge >= 0.3 is 5.69 Å². The summed E-state index contributed by atoms with van der Waals surface area (Å²) < 4.78 is 9.55. The van der Waals surface area contributed by atoms with Crippen molar-refractivity contribution in [1.29, 1.82) is 0 Å². The lowest BCUT2D eigenvalue weighted by Gasteiger charge is -2.15.